The maximum Gasteiger partial charge on any atom is 0.412 e. The van der Waals surface area contributed by atoms with Gasteiger partial charge in [-0.1, -0.05) is 36.4 Å². The third-order valence-electron chi connectivity index (χ3n) is 2.78. The van der Waals surface area contributed by atoms with Crippen molar-refractivity contribution in [3.63, 3.8) is 0 Å². The highest BCUT2D eigenvalue weighted by molar-refractivity contribution is 5.88. The van der Waals surface area contributed by atoms with Gasteiger partial charge in [0.25, 0.3) is 0 Å². The number of anilines is 2. The van der Waals surface area contributed by atoms with Crippen LogP contribution in [0, 0.1) is 0 Å². The van der Waals surface area contributed by atoms with E-state index >= 15 is 0 Å². The van der Waals surface area contributed by atoms with Gasteiger partial charge in [-0.3, -0.25) is 5.32 Å². The summed E-state index contributed by atoms with van der Waals surface area (Å²) in [5, 5.41) is 2.68. The first-order chi connectivity index (χ1) is 9.85. The lowest BCUT2D eigenvalue weighted by Crippen LogP contribution is -2.27. The fraction of sp³-hybridized carbons (Fsp3) is 0.235. The molecule has 4 heteroatoms. The molecule has 0 saturated carbocycles. The number of benzene rings is 2. The van der Waals surface area contributed by atoms with Gasteiger partial charge in [0.15, 0.2) is 0 Å². The van der Waals surface area contributed by atoms with E-state index in [0.717, 1.165) is 11.1 Å². The number of hydrogen-bond acceptors (Lipinski definition) is 3. The second-order valence-electron chi connectivity index (χ2n) is 5.79. The average molecular weight is 284 g/mol. The maximum atomic E-state index is 11.7. The second kappa shape index (κ2) is 5.87. The quantitative estimate of drug-likeness (QED) is 0.809. The van der Waals surface area contributed by atoms with Crippen molar-refractivity contribution in [2.45, 2.75) is 26.4 Å². The number of hydrogen-bond donors (Lipinski definition) is 2. The summed E-state index contributed by atoms with van der Waals surface area (Å²) in [4.78, 5) is 11.7. The Hall–Kier alpha value is -2.49. The van der Waals surface area contributed by atoms with E-state index in [1.54, 1.807) is 6.07 Å². The number of carbonyl (C=O) groups is 1. The molecule has 0 spiro atoms. The van der Waals surface area contributed by atoms with E-state index in [9.17, 15) is 4.79 Å². The fourth-order valence-corrected chi connectivity index (χ4v) is 1.94. The molecule has 2 rings (SSSR count). The van der Waals surface area contributed by atoms with Gasteiger partial charge in [0.1, 0.15) is 5.60 Å². The first-order valence-corrected chi connectivity index (χ1v) is 6.80. The van der Waals surface area contributed by atoms with Crippen molar-refractivity contribution < 1.29 is 9.53 Å². The van der Waals surface area contributed by atoms with E-state index in [1.165, 1.54) is 0 Å². The molecule has 0 aliphatic rings. The van der Waals surface area contributed by atoms with Crippen LogP contribution in [-0.2, 0) is 4.74 Å². The lowest BCUT2D eigenvalue weighted by molar-refractivity contribution is 0.0636. The van der Waals surface area contributed by atoms with Crippen LogP contribution >= 0.6 is 0 Å². The highest BCUT2D eigenvalue weighted by Crippen LogP contribution is 2.28. The second-order valence-corrected chi connectivity index (χ2v) is 5.79. The summed E-state index contributed by atoms with van der Waals surface area (Å²) in [5.41, 5.74) is 8.73. The molecular formula is C17H20N2O2. The minimum Gasteiger partial charge on any atom is -0.444 e. The molecule has 1 amide bonds. The van der Waals surface area contributed by atoms with Crippen LogP contribution in [0.3, 0.4) is 0 Å². The number of carbonyl (C=O) groups excluding carboxylic acids is 1. The topological polar surface area (TPSA) is 64.3 Å². The van der Waals surface area contributed by atoms with Gasteiger partial charge in [-0.2, -0.15) is 0 Å². The van der Waals surface area contributed by atoms with Gasteiger partial charge in [-0.25, -0.2) is 4.79 Å². The van der Waals surface area contributed by atoms with Crippen LogP contribution in [0.4, 0.5) is 16.2 Å². The summed E-state index contributed by atoms with van der Waals surface area (Å²) in [6.07, 6.45) is -0.491. The first-order valence-electron chi connectivity index (χ1n) is 6.80. The number of nitrogen functional groups attached to an aromatic ring is 1. The standard InChI is InChI=1S/C17H20N2O2/c1-17(2,3)21-16(20)19-13-9-10-14(15(18)11-13)12-7-5-4-6-8-12/h4-11H,18H2,1-3H3,(H,19,20). The molecule has 4 nitrogen and oxygen atoms in total. The van der Waals surface area contributed by atoms with Crippen LogP contribution in [0.15, 0.2) is 48.5 Å². The van der Waals surface area contributed by atoms with Gasteiger partial charge in [0.05, 0.1) is 0 Å². The smallest absolute Gasteiger partial charge is 0.412 e. The van der Waals surface area contributed by atoms with Crippen molar-refractivity contribution in [1.29, 1.82) is 0 Å². The highest BCUT2D eigenvalue weighted by atomic mass is 16.6. The van der Waals surface area contributed by atoms with E-state index < -0.39 is 11.7 Å². The molecule has 0 fully saturated rings. The first kappa shape index (κ1) is 14.9. The summed E-state index contributed by atoms with van der Waals surface area (Å²) in [7, 11) is 0. The number of amides is 1. The predicted molar refractivity (Wildman–Crippen MR) is 86.1 cm³/mol. The minimum atomic E-state index is -0.528. The van der Waals surface area contributed by atoms with Gasteiger partial charge < -0.3 is 10.5 Å². The van der Waals surface area contributed by atoms with E-state index in [4.69, 9.17) is 10.5 Å². The predicted octanol–water partition coefficient (Wildman–Crippen LogP) is 4.28. The molecule has 2 aromatic carbocycles. The Morgan fingerprint density at radius 1 is 1.10 bits per heavy atom. The van der Waals surface area contributed by atoms with Crippen molar-refractivity contribution in [2.75, 3.05) is 11.1 Å². The van der Waals surface area contributed by atoms with E-state index in [1.807, 2.05) is 63.2 Å². The van der Waals surface area contributed by atoms with Crippen LogP contribution in [0.1, 0.15) is 20.8 Å². The Balaban J connectivity index is 2.15. The number of nitrogens with two attached hydrogens (primary N) is 1. The molecule has 2 aromatic rings. The lowest BCUT2D eigenvalue weighted by Gasteiger charge is -2.20. The third-order valence-corrected chi connectivity index (χ3v) is 2.78. The normalized spacial score (nSPS) is 11.0. The molecule has 0 atom stereocenters. The molecule has 0 aromatic heterocycles. The van der Waals surface area contributed by atoms with Crippen molar-refractivity contribution in [2.24, 2.45) is 0 Å². The summed E-state index contributed by atoms with van der Waals surface area (Å²) in [5.74, 6) is 0. The molecule has 21 heavy (non-hydrogen) atoms. The zero-order valence-electron chi connectivity index (χ0n) is 12.5. The molecule has 0 aliphatic heterocycles. The Kier molecular flexibility index (Phi) is 4.17. The zero-order valence-corrected chi connectivity index (χ0v) is 12.5. The molecule has 110 valence electrons. The molecule has 0 aliphatic carbocycles. The van der Waals surface area contributed by atoms with Crippen molar-refractivity contribution in [1.82, 2.24) is 0 Å². The van der Waals surface area contributed by atoms with Crippen molar-refractivity contribution in [3.8, 4) is 11.1 Å². The van der Waals surface area contributed by atoms with Crippen LogP contribution in [0.25, 0.3) is 11.1 Å². The maximum absolute atomic E-state index is 11.7. The summed E-state index contributed by atoms with van der Waals surface area (Å²) in [6, 6.07) is 15.3. The van der Waals surface area contributed by atoms with Crippen molar-refractivity contribution in [3.05, 3.63) is 48.5 Å². The Morgan fingerprint density at radius 2 is 1.76 bits per heavy atom. The van der Waals surface area contributed by atoms with Crippen LogP contribution in [0.5, 0.6) is 0 Å². The van der Waals surface area contributed by atoms with Crippen LogP contribution in [0.2, 0.25) is 0 Å². The fourth-order valence-electron chi connectivity index (χ4n) is 1.94. The zero-order chi connectivity index (χ0) is 15.5. The number of ether oxygens (including phenoxy) is 1. The Bertz CT molecular complexity index is 631. The molecular weight excluding hydrogens is 264 g/mol. The van der Waals surface area contributed by atoms with E-state index in [0.29, 0.717) is 11.4 Å². The van der Waals surface area contributed by atoms with Gasteiger partial charge in [-0.05, 0) is 38.5 Å². The minimum absolute atomic E-state index is 0.491. The SMILES string of the molecule is CC(C)(C)OC(=O)Nc1ccc(-c2ccccc2)c(N)c1. The van der Waals surface area contributed by atoms with Gasteiger partial charge in [0, 0.05) is 16.9 Å². The number of nitrogens with one attached hydrogen (secondary N) is 1. The largest absolute Gasteiger partial charge is 0.444 e. The molecule has 0 saturated heterocycles. The molecule has 3 N–H and O–H groups in total. The Labute approximate surface area is 124 Å². The summed E-state index contributed by atoms with van der Waals surface area (Å²) >= 11 is 0. The molecule has 0 radical (unpaired) electrons. The molecule has 0 bridgehead atoms. The van der Waals surface area contributed by atoms with E-state index in [2.05, 4.69) is 5.32 Å². The molecule has 0 unspecified atom stereocenters. The van der Waals surface area contributed by atoms with Crippen LogP contribution in [-0.4, -0.2) is 11.7 Å². The average Bonchev–Trinajstić information content (AvgIpc) is 2.37. The van der Waals surface area contributed by atoms with Crippen molar-refractivity contribution >= 4 is 17.5 Å². The lowest BCUT2D eigenvalue weighted by atomic mass is 10.0. The third kappa shape index (κ3) is 4.24. The monoisotopic (exact) mass is 284 g/mol. The summed E-state index contributed by atoms with van der Waals surface area (Å²) < 4.78 is 5.21. The Morgan fingerprint density at radius 3 is 2.33 bits per heavy atom. The number of rotatable bonds is 2. The van der Waals surface area contributed by atoms with Crippen LogP contribution < -0.4 is 11.1 Å². The molecule has 0 heterocycles. The van der Waals surface area contributed by atoms with Gasteiger partial charge >= 0.3 is 6.09 Å². The highest BCUT2D eigenvalue weighted by Gasteiger charge is 2.16. The van der Waals surface area contributed by atoms with Gasteiger partial charge in [0.2, 0.25) is 0 Å². The summed E-state index contributed by atoms with van der Waals surface area (Å²) in [6.45, 7) is 5.46. The van der Waals surface area contributed by atoms with Gasteiger partial charge in [-0.15, -0.1) is 0 Å². The van der Waals surface area contributed by atoms with E-state index in [-0.39, 0.29) is 0 Å².